The number of hydrogen-bond acceptors (Lipinski definition) is 3. The second-order valence-electron chi connectivity index (χ2n) is 3.85. The van der Waals surface area contributed by atoms with Crippen molar-refractivity contribution in [3.63, 3.8) is 0 Å². The van der Waals surface area contributed by atoms with Crippen LogP contribution in [0.25, 0.3) is 0 Å². The lowest BCUT2D eigenvalue weighted by molar-refractivity contribution is 0.593. The Morgan fingerprint density at radius 1 is 1.12 bits per heavy atom. The Balaban J connectivity index is 2.32. The van der Waals surface area contributed by atoms with Crippen molar-refractivity contribution in [2.75, 3.05) is 23.6 Å². The van der Waals surface area contributed by atoms with E-state index in [0.29, 0.717) is 12.1 Å². The van der Waals surface area contributed by atoms with Gasteiger partial charge in [0, 0.05) is 5.69 Å². The van der Waals surface area contributed by atoms with E-state index in [-0.39, 0.29) is 5.75 Å². The SMILES string of the molecule is CCNCCCCS(=O)(=O)Nc1ccccc1. The molecule has 0 aliphatic heterocycles. The number of para-hydroxylation sites is 1. The van der Waals surface area contributed by atoms with Gasteiger partial charge in [-0.3, -0.25) is 4.72 Å². The van der Waals surface area contributed by atoms with Crippen LogP contribution in [0.15, 0.2) is 30.3 Å². The highest BCUT2D eigenvalue weighted by atomic mass is 32.2. The molecule has 0 saturated heterocycles. The van der Waals surface area contributed by atoms with E-state index in [4.69, 9.17) is 0 Å². The molecule has 0 spiro atoms. The summed E-state index contributed by atoms with van der Waals surface area (Å²) in [4.78, 5) is 0. The molecule has 0 radical (unpaired) electrons. The fraction of sp³-hybridized carbons (Fsp3) is 0.500. The van der Waals surface area contributed by atoms with Gasteiger partial charge in [0.1, 0.15) is 0 Å². The second-order valence-corrected chi connectivity index (χ2v) is 5.69. The first kappa shape index (κ1) is 14.0. The average Bonchev–Trinajstić information content (AvgIpc) is 2.29. The van der Waals surface area contributed by atoms with Crippen LogP contribution in [-0.4, -0.2) is 27.3 Å². The largest absolute Gasteiger partial charge is 0.317 e. The molecule has 1 aromatic carbocycles. The first-order chi connectivity index (χ1) is 8.14. The molecule has 0 aliphatic rings. The van der Waals surface area contributed by atoms with Crippen molar-refractivity contribution in [1.29, 1.82) is 0 Å². The molecule has 0 amide bonds. The molecular weight excluding hydrogens is 236 g/mol. The van der Waals surface area contributed by atoms with Crippen LogP contribution in [0.4, 0.5) is 5.69 Å². The van der Waals surface area contributed by atoms with Gasteiger partial charge in [0.25, 0.3) is 0 Å². The van der Waals surface area contributed by atoms with E-state index in [0.717, 1.165) is 19.5 Å². The topological polar surface area (TPSA) is 58.2 Å². The molecule has 1 rings (SSSR count). The molecule has 17 heavy (non-hydrogen) atoms. The Labute approximate surface area is 103 Å². The Kier molecular flexibility index (Phi) is 6.00. The molecule has 0 unspecified atom stereocenters. The van der Waals surface area contributed by atoms with E-state index in [1.165, 1.54) is 0 Å². The molecule has 2 N–H and O–H groups in total. The molecule has 0 fully saturated rings. The lowest BCUT2D eigenvalue weighted by atomic mass is 10.3. The zero-order valence-electron chi connectivity index (χ0n) is 10.1. The van der Waals surface area contributed by atoms with Crippen LogP contribution in [0, 0.1) is 0 Å². The number of nitrogens with one attached hydrogen (secondary N) is 2. The smallest absolute Gasteiger partial charge is 0.232 e. The fourth-order valence-electron chi connectivity index (χ4n) is 1.46. The van der Waals surface area contributed by atoms with Crippen molar-refractivity contribution >= 4 is 15.7 Å². The summed E-state index contributed by atoms with van der Waals surface area (Å²) < 4.78 is 26.0. The minimum absolute atomic E-state index is 0.174. The van der Waals surface area contributed by atoms with Gasteiger partial charge in [-0.1, -0.05) is 25.1 Å². The summed E-state index contributed by atoms with van der Waals surface area (Å²) in [7, 11) is -3.20. The Hall–Kier alpha value is -1.07. The summed E-state index contributed by atoms with van der Waals surface area (Å²) in [6, 6.07) is 8.96. The molecule has 1 aromatic rings. The Morgan fingerprint density at radius 2 is 1.82 bits per heavy atom. The maximum atomic E-state index is 11.7. The molecule has 0 aromatic heterocycles. The van der Waals surface area contributed by atoms with E-state index in [9.17, 15) is 8.42 Å². The zero-order valence-corrected chi connectivity index (χ0v) is 11.0. The number of sulfonamides is 1. The Bertz CT molecular complexity index is 404. The first-order valence-electron chi connectivity index (χ1n) is 5.90. The second kappa shape index (κ2) is 7.29. The maximum Gasteiger partial charge on any atom is 0.232 e. The predicted molar refractivity (Wildman–Crippen MR) is 71.6 cm³/mol. The van der Waals surface area contributed by atoms with Crippen LogP contribution in [0.5, 0.6) is 0 Å². The van der Waals surface area contributed by atoms with E-state index in [2.05, 4.69) is 10.0 Å². The number of anilines is 1. The summed E-state index contributed by atoms with van der Waals surface area (Å²) in [6.07, 6.45) is 1.55. The van der Waals surface area contributed by atoms with E-state index < -0.39 is 10.0 Å². The Morgan fingerprint density at radius 3 is 2.47 bits per heavy atom. The standard InChI is InChI=1S/C12H20N2O2S/c1-2-13-10-6-7-11-17(15,16)14-12-8-4-3-5-9-12/h3-5,8-9,13-14H,2,6-7,10-11H2,1H3. The zero-order chi connectivity index (χ0) is 12.6. The third-order valence-electron chi connectivity index (χ3n) is 2.31. The molecule has 5 heteroatoms. The van der Waals surface area contributed by atoms with E-state index in [1.807, 2.05) is 25.1 Å². The van der Waals surface area contributed by atoms with Gasteiger partial charge in [-0.2, -0.15) is 0 Å². The van der Waals surface area contributed by atoms with Crippen LogP contribution in [0.1, 0.15) is 19.8 Å². The lowest BCUT2D eigenvalue weighted by Crippen LogP contribution is -2.19. The predicted octanol–water partition coefficient (Wildman–Crippen LogP) is 1.82. The van der Waals surface area contributed by atoms with Crippen molar-refractivity contribution in [1.82, 2.24) is 5.32 Å². The molecule has 0 aliphatic carbocycles. The third kappa shape index (κ3) is 6.28. The van der Waals surface area contributed by atoms with Crippen LogP contribution in [0.2, 0.25) is 0 Å². The third-order valence-corrected chi connectivity index (χ3v) is 3.69. The van der Waals surface area contributed by atoms with Crippen LogP contribution < -0.4 is 10.0 Å². The maximum absolute atomic E-state index is 11.7. The van der Waals surface area contributed by atoms with Crippen molar-refractivity contribution in [2.45, 2.75) is 19.8 Å². The summed E-state index contributed by atoms with van der Waals surface area (Å²) >= 11 is 0. The molecule has 4 nitrogen and oxygen atoms in total. The van der Waals surface area contributed by atoms with Gasteiger partial charge in [-0.05, 0) is 38.1 Å². The van der Waals surface area contributed by atoms with Gasteiger partial charge in [0.15, 0.2) is 0 Å². The van der Waals surface area contributed by atoms with Crippen molar-refractivity contribution in [3.8, 4) is 0 Å². The number of unbranched alkanes of at least 4 members (excludes halogenated alkanes) is 1. The van der Waals surface area contributed by atoms with Gasteiger partial charge < -0.3 is 5.32 Å². The molecule has 0 bridgehead atoms. The van der Waals surface area contributed by atoms with Gasteiger partial charge in [-0.15, -0.1) is 0 Å². The van der Waals surface area contributed by atoms with Gasteiger partial charge >= 0.3 is 0 Å². The van der Waals surface area contributed by atoms with E-state index >= 15 is 0 Å². The highest BCUT2D eigenvalue weighted by Crippen LogP contribution is 2.08. The molecule has 0 saturated carbocycles. The number of benzene rings is 1. The fourth-order valence-corrected chi connectivity index (χ4v) is 2.64. The minimum Gasteiger partial charge on any atom is -0.317 e. The van der Waals surface area contributed by atoms with Crippen LogP contribution >= 0.6 is 0 Å². The molecule has 0 atom stereocenters. The quantitative estimate of drug-likeness (QED) is 0.698. The molecular formula is C12H20N2O2S. The van der Waals surface area contributed by atoms with E-state index in [1.54, 1.807) is 12.1 Å². The summed E-state index contributed by atoms with van der Waals surface area (Å²) in [5.74, 6) is 0.174. The van der Waals surface area contributed by atoms with Crippen molar-refractivity contribution < 1.29 is 8.42 Å². The minimum atomic E-state index is -3.20. The van der Waals surface area contributed by atoms with Crippen LogP contribution in [-0.2, 0) is 10.0 Å². The van der Waals surface area contributed by atoms with Gasteiger partial charge in [0.2, 0.25) is 10.0 Å². The van der Waals surface area contributed by atoms with Crippen molar-refractivity contribution in [3.05, 3.63) is 30.3 Å². The normalized spacial score (nSPS) is 11.4. The summed E-state index contributed by atoms with van der Waals surface area (Å²) in [5, 5.41) is 3.17. The molecule has 0 heterocycles. The van der Waals surface area contributed by atoms with Gasteiger partial charge in [0.05, 0.1) is 5.75 Å². The number of rotatable bonds is 8. The first-order valence-corrected chi connectivity index (χ1v) is 7.55. The van der Waals surface area contributed by atoms with Gasteiger partial charge in [-0.25, -0.2) is 8.42 Å². The lowest BCUT2D eigenvalue weighted by Gasteiger charge is -2.07. The highest BCUT2D eigenvalue weighted by molar-refractivity contribution is 7.92. The monoisotopic (exact) mass is 256 g/mol. The van der Waals surface area contributed by atoms with Crippen LogP contribution in [0.3, 0.4) is 0 Å². The van der Waals surface area contributed by atoms with Crippen molar-refractivity contribution in [2.24, 2.45) is 0 Å². The number of hydrogen-bond donors (Lipinski definition) is 2. The molecule has 96 valence electrons. The highest BCUT2D eigenvalue weighted by Gasteiger charge is 2.09. The summed E-state index contributed by atoms with van der Waals surface area (Å²) in [5.41, 5.74) is 0.624. The average molecular weight is 256 g/mol. The summed E-state index contributed by atoms with van der Waals surface area (Å²) in [6.45, 7) is 3.83.